The predicted molar refractivity (Wildman–Crippen MR) is 127 cm³/mol. The fourth-order valence-corrected chi connectivity index (χ4v) is 4.72. The first-order valence-corrected chi connectivity index (χ1v) is 12.7. The number of pyridine rings is 1. The van der Waals surface area contributed by atoms with Crippen LogP contribution >= 0.6 is 11.8 Å². The molecule has 5 nitrogen and oxygen atoms in total. The average Bonchev–Trinajstić information content (AvgIpc) is 2.64. The van der Waals surface area contributed by atoms with E-state index in [0.717, 1.165) is 31.4 Å². The highest BCUT2D eigenvalue weighted by Gasteiger charge is 2.21. The maximum Gasteiger partial charge on any atom is 0.231 e. The molecular weight excluding hydrogens is 402 g/mol. The minimum absolute atomic E-state index is 0.364. The lowest BCUT2D eigenvalue weighted by atomic mass is 10.1. The van der Waals surface area contributed by atoms with Crippen molar-refractivity contribution in [2.45, 2.75) is 58.8 Å². The summed E-state index contributed by atoms with van der Waals surface area (Å²) in [6.45, 7) is 8.57. The highest BCUT2D eigenvalue weighted by atomic mass is 32.2. The van der Waals surface area contributed by atoms with Crippen molar-refractivity contribution in [2.24, 2.45) is 5.14 Å². The van der Waals surface area contributed by atoms with Gasteiger partial charge in [-0.25, -0.2) is 18.5 Å². The molecule has 0 aliphatic heterocycles. The fraction of sp³-hybridized carbons (Fsp3) is 0.500. The molecule has 0 aromatic carbocycles. The van der Waals surface area contributed by atoms with Crippen LogP contribution in [0.3, 0.4) is 0 Å². The smallest absolute Gasteiger partial charge is 0.231 e. The van der Waals surface area contributed by atoms with E-state index in [0.29, 0.717) is 11.6 Å². The molecule has 0 saturated carbocycles. The van der Waals surface area contributed by atoms with Gasteiger partial charge < -0.3 is 5.32 Å². The van der Waals surface area contributed by atoms with E-state index in [1.165, 1.54) is 16.7 Å². The number of nitrogens with zero attached hydrogens (tertiary/aromatic N) is 1. The van der Waals surface area contributed by atoms with Crippen molar-refractivity contribution in [3.05, 3.63) is 59.3 Å². The van der Waals surface area contributed by atoms with Crippen molar-refractivity contribution in [2.75, 3.05) is 16.8 Å². The summed E-state index contributed by atoms with van der Waals surface area (Å²) >= 11 is 1.54. The summed E-state index contributed by atoms with van der Waals surface area (Å²) in [5.41, 5.74) is 4.12. The Hall–Kier alpha value is -1.57. The summed E-state index contributed by atoms with van der Waals surface area (Å²) in [6, 6.07) is 5.30. The summed E-state index contributed by atoms with van der Waals surface area (Å²) in [4.78, 5) is 4.10. The zero-order valence-electron chi connectivity index (χ0n) is 18.0. The van der Waals surface area contributed by atoms with E-state index in [1.807, 2.05) is 0 Å². The van der Waals surface area contributed by atoms with Gasteiger partial charge in [0.2, 0.25) is 10.0 Å². The van der Waals surface area contributed by atoms with Crippen molar-refractivity contribution in [1.29, 1.82) is 0 Å². The second-order valence-electron chi connectivity index (χ2n) is 7.43. The van der Waals surface area contributed by atoms with E-state index >= 15 is 0 Å². The number of allylic oxidation sites excluding steroid dienone is 5. The van der Waals surface area contributed by atoms with E-state index in [4.69, 9.17) is 5.14 Å². The van der Waals surface area contributed by atoms with Gasteiger partial charge in [-0.05, 0) is 65.5 Å². The second kappa shape index (κ2) is 13.6. The van der Waals surface area contributed by atoms with E-state index in [-0.39, 0.29) is 0 Å². The normalized spacial score (nSPS) is 13.8. The van der Waals surface area contributed by atoms with Crippen LogP contribution < -0.4 is 10.5 Å². The number of rotatable bonds is 13. The number of anilines is 1. The minimum atomic E-state index is -3.71. The number of hydrogen-bond acceptors (Lipinski definition) is 5. The van der Waals surface area contributed by atoms with Gasteiger partial charge in [0, 0.05) is 17.7 Å². The number of nitrogens with one attached hydrogen (secondary N) is 1. The number of sulfonamides is 1. The molecule has 0 bridgehead atoms. The van der Waals surface area contributed by atoms with Crippen LogP contribution in [0, 0.1) is 0 Å². The summed E-state index contributed by atoms with van der Waals surface area (Å²) in [7, 11) is -3.71. The van der Waals surface area contributed by atoms with Crippen molar-refractivity contribution >= 4 is 27.6 Å². The predicted octanol–water partition coefficient (Wildman–Crippen LogP) is 5.26. The van der Waals surface area contributed by atoms with E-state index in [1.54, 1.807) is 36.2 Å². The standard InChI is InChI=1S/C22H35N3O2S2/c1-18(2)9-7-10-19(3)11-8-12-20(4)14-16-28-17-22(29(23,26)27)25-21-13-5-6-15-24-21/h5-6,9,11,13-15,22H,7-8,10,12,16-17H2,1-4H3,(H,24,25)(H2,23,26,27)/b19-11+,20-14+. The summed E-state index contributed by atoms with van der Waals surface area (Å²) < 4.78 is 23.7. The molecule has 1 unspecified atom stereocenters. The number of thioether (sulfide) groups is 1. The lowest BCUT2D eigenvalue weighted by molar-refractivity contribution is 0.590. The van der Waals surface area contributed by atoms with Gasteiger partial charge in [0.1, 0.15) is 5.82 Å². The number of aromatic nitrogens is 1. The van der Waals surface area contributed by atoms with Gasteiger partial charge in [0.05, 0.1) is 0 Å². The summed E-state index contributed by atoms with van der Waals surface area (Å²) in [6.07, 6.45) is 12.6. The molecule has 0 saturated heterocycles. The molecule has 162 valence electrons. The highest BCUT2D eigenvalue weighted by Crippen LogP contribution is 2.15. The maximum atomic E-state index is 11.8. The molecule has 0 fully saturated rings. The van der Waals surface area contributed by atoms with E-state index < -0.39 is 15.4 Å². The third-order valence-electron chi connectivity index (χ3n) is 4.31. The fourth-order valence-electron chi connectivity index (χ4n) is 2.55. The molecule has 1 aromatic rings. The molecule has 1 atom stereocenters. The molecule has 1 rings (SSSR count). The number of primary sulfonamides is 1. The van der Waals surface area contributed by atoms with Crippen LogP contribution in [-0.4, -0.2) is 30.3 Å². The molecule has 0 radical (unpaired) electrons. The highest BCUT2D eigenvalue weighted by molar-refractivity contribution is 8.00. The molecule has 0 aliphatic carbocycles. The largest absolute Gasteiger partial charge is 0.352 e. The molecule has 0 spiro atoms. The quantitative estimate of drug-likeness (QED) is 0.325. The van der Waals surface area contributed by atoms with Crippen molar-refractivity contribution in [3.63, 3.8) is 0 Å². The summed E-state index contributed by atoms with van der Waals surface area (Å²) in [5, 5.41) is 7.40. The van der Waals surface area contributed by atoms with Crippen LogP contribution in [0.15, 0.2) is 59.3 Å². The maximum absolute atomic E-state index is 11.8. The molecule has 7 heteroatoms. The van der Waals surface area contributed by atoms with Gasteiger partial charge in [0.25, 0.3) is 0 Å². The van der Waals surface area contributed by atoms with Gasteiger partial charge in [-0.15, -0.1) is 0 Å². The Morgan fingerprint density at radius 3 is 2.34 bits per heavy atom. The topological polar surface area (TPSA) is 85.1 Å². The molecule has 1 aromatic heterocycles. The summed E-state index contributed by atoms with van der Waals surface area (Å²) in [5.74, 6) is 1.62. The number of nitrogens with two attached hydrogens (primary N) is 1. The van der Waals surface area contributed by atoms with E-state index in [9.17, 15) is 8.42 Å². The lowest BCUT2D eigenvalue weighted by Gasteiger charge is -2.16. The van der Waals surface area contributed by atoms with Crippen molar-refractivity contribution in [3.8, 4) is 0 Å². The molecule has 29 heavy (non-hydrogen) atoms. The minimum Gasteiger partial charge on any atom is -0.352 e. The van der Waals surface area contributed by atoms with Gasteiger partial charge in [-0.1, -0.05) is 41.0 Å². The Kier molecular flexibility index (Phi) is 12.0. The van der Waals surface area contributed by atoms with Crippen LogP contribution in [0.5, 0.6) is 0 Å². The Morgan fingerprint density at radius 1 is 1.10 bits per heavy atom. The zero-order valence-corrected chi connectivity index (χ0v) is 19.7. The van der Waals surface area contributed by atoms with Gasteiger partial charge in [0.15, 0.2) is 5.37 Å². The first kappa shape index (κ1) is 25.5. The third-order valence-corrected chi connectivity index (χ3v) is 6.57. The Balaban J connectivity index is 2.39. The average molecular weight is 438 g/mol. The van der Waals surface area contributed by atoms with Crippen LogP contribution in [0.1, 0.15) is 53.4 Å². The second-order valence-corrected chi connectivity index (χ2v) is 10.3. The SMILES string of the molecule is CC(C)=CCC/C(C)=C/CC/C(C)=C/CSCC(Nc1ccccn1)S(N)(=O)=O. The van der Waals surface area contributed by atoms with Crippen LogP contribution in [-0.2, 0) is 10.0 Å². The first-order valence-electron chi connectivity index (χ1n) is 9.90. The van der Waals surface area contributed by atoms with Crippen molar-refractivity contribution in [1.82, 2.24) is 4.98 Å². The Bertz CT molecular complexity index is 797. The monoisotopic (exact) mass is 437 g/mol. The molecule has 3 N–H and O–H groups in total. The Morgan fingerprint density at radius 2 is 1.76 bits per heavy atom. The van der Waals surface area contributed by atoms with Gasteiger partial charge in [-0.2, -0.15) is 11.8 Å². The van der Waals surface area contributed by atoms with Gasteiger partial charge in [-0.3, -0.25) is 0 Å². The van der Waals surface area contributed by atoms with Crippen LogP contribution in [0.4, 0.5) is 5.82 Å². The molecule has 0 aliphatic rings. The van der Waals surface area contributed by atoms with Crippen LogP contribution in [0.2, 0.25) is 0 Å². The Labute approximate surface area is 181 Å². The zero-order chi connectivity index (χ0) is 21.7. The molecule has 1 heterocycles. The molecular formula is C22H35N3O2S2. The van der Waals surface area contributed by atoms with Crippen molar-refractivity contribution < 1.29 is 8.42 Å². The van der Waals surface area contributed by atoms with E-state index in [2.05, 4.69) is 56.2 Å². The lowest BCUT2D eigenvalue weighted by Crippen LogP contribution is -2.37. The third kappa shape index (κ3) is 12.6. The van der Waals surface area contributed by atoms with Gasteiger partial charge >= 0.3 is 0 Å². The molecule has 0 amide bonds. The number of hydrogen-bond donors (Lipinski definition) is 2. The first-order chi connectivity index (χ1) is 13.7. The van der Waals surface area contributed by atoms with Crippen LogP contribution in [0.25, 0.3) is 0 Å².